The maximum Gasteiger partial charge on any atom is 0.231 e. The van der Waals surface area contributed by atoms with Crippen LogP contribution in [-0.4, -0.2) is 26.8 Å². The number of hydrogen-bond donors (Lipinski definition) is 2. The molecule has 2 aromatic rings. The van der Waals surface area contributed by atoms with Gasteiger partial charge in [0.15, 0.2) is 5.11 Å². The molecule has 26 heavy (non-hydrogen) atoms. The molecule has 5 nitrogen and oxygen atoms in total. The molecule has 0 amide bonds. The lowest BCUT2D eigenvalue weighted by Crippen LogP contribution is -2.31. The summed E-state index contributed by atoms with van der Waals surface area (Å²) in [6.07, 6.45) is 1.17. The molecular formula is C19H25N3O2S2. The number of sulfonamides is 1. The number of nitrogens with zero attached hydrogens (tertiary/aromatic N) is 1. The summed E-state index contributed by atoms with van der Waals surface area (Å²) in [5.41, 5.74) is 4.92. The van der Waals surface area contributed by atoms with E-state index in [0.29, 0.717) is 10.8 Å². The van der Waals surface area contributed by atoms with Crippen molar-refractivity contribution in [1.29, 1.82) is 0 Å². The van der Waals surface area contributed by atoms with E-state index >= 15 is 0 Å². The van der Waals surface area contributed by atoms with E-state index < -0.39 is 10.0 Å². The quantitative estimate of drug-likeness (QED) is 0.760. The van der Waals surface area contributed by atoms with Crippen LogP contribution in [0.1, 0.15) is 29.7 Å². The molecule has 0 fully saturated rings. The molecule has 2 rings (SSSR count). The van der Waals surface area contributed by atoms with Gasteiger partial charge in [0.2, 0.25) is 10.0 Å². The fourth-order valence-electron chi connectivity index (χ4n) is 2.72. The highest BCUT2D eigenvalue weighted by atomic mass is 32.2. The van der Waals surface area contributed by atoms with Gasteiger partial charge in [0.05, 0.1) is 18.0 Å². The van der Waals surface area contributed by atoms with Crippen molar-refractivity contribution in [3.63, 3.8) is 0 Å². The maximum atomic E-state index is 11.7. The second-order valence-electron chi connectivity index (χ2n) is 6.46. The molecule has 2 aromatic carbocycles. The van der Waals surface area contributed by atoms with Gasteiger partial charge in [-0.3, -0.25) is 4.31 Å². The van der Waals surface area contributed by atoms with Gasteiger partial charge in [-0.05, 0) is 62.3 Å². The van der Waals surface area contributed by atoms with Crippen molar-refractivity contribution >= 4 is 38.7 Å². The summed E-state index contributed by atoms with van der Waals surface area (Å²) < 4.78 is 24.6. The van der Waals surface area contributed by atoms with Gasteiger partial charge in [0.25, 0.3) is 0 Å². The van der Waals surface area contributed by atoms with Gasteiger partial charge in [-0.15, -0.1) is 0 Å². The van der Waals surface area contributed by atoms with Crippen molar-refractivity contribution in [2.75, 3.05) is 22.9 Å². The predicted molar refractivity (Wildman–Crippen MR) is 113 cm³/mol. The van der Waals surface area contributed by atoms with Gasteiger partial charge in [-0.1, -0.05) is 29.8 Å². The van der Waals surface area contributed by atoms with Crippen LogP contribution in [0, 0.1) is 13.8 Å². The van der Waals surface area contributed by atoms with Crippen LogP contribution in [-0.2, 0) is 10.0 Å². The number of thiocarbonyl (C=S) groups is 1. The first kappa shape index (κ1) is 20.2. The molecule has 1 atom stereocenters. The Morgan fingerprint density at radius 1 is 1.15 bits per heavy atom. The topological polar surface area (TPSA) is 61.4 Å². The van der Waals surface area contributed by atoms with Crippen molar-refractivity contribution in [3.05, 3.63) is 59.2 Å². The smallest absolute Gasteiger partial charge is 0.231 e. The highest BCUT2D eigenvalue weighted by Crippen LogP contribution is 2.21. The molecule has 0 aliphatic carbocycles. The molecule has 2 N–H and O–H groups in total. The summed E-state index contributed by atoms with van der Waals surface area (Å²) in [5.74, 6) is 0. The highest BCUT2D eigenvalue weighted by molar-refractivity contribution is 7.92. The Kier molecular flexibility index (Phi) is 6.26. The van der Waals surface area contributed by atoms with Gasteiger partial charge in [0, 0.05) is 12.7 Å². The van der Waals surface area contributed by atoms with E-state index in [2.05, 4.69) is 49.6 Å². The van der Waals surface area contributed by atoms with Crippen LogP contribution in [0.5, 0.6) is 0 Å². The van der Waals surface area contributed by atoms with Crippen LogP contribution < -0.4 is 14.9 Å². The number of rotatable bonds is 5. The summed E-state index contributed by atoms with van der Waals surface area (Å²) >= 11 is 5.41. The van der Waals surface area contributed by atoms with Crippen molar-refractivity contribution in [1.82, 2.24) is 5.32 Å². The Balaban J connectivity index is 2.08. The van der Waals surface area contributed by atoms with Crippen LogP contribution in [0.25, 0.3) is 0 Å². The Hall–Kier alpha value is -2.12. The molecule has 0 radical (unpaired) electrons. The van der Waals surface area contributed by atoms with E-state index in [1.54, 1.807) is 18.2 Å². The third kappa shape index (κ3) is 5.19. The normalized spacial score (nSPS) is 12.3. The second kappa shape index (κ2) is 8.05. The number of hydrogen-bond acceptors (Lipinski definition) is 3. The number of nitrogens with one attached hydrogen (secondary N) is 2. The minimum absolute atomic E-state index is 0.0532. The highest BCUT2D eigenvalue weighted by Gasteiger charge is 2.13. The van der Waals surface area contributed by atoms with Gasteiger partial charge >= 0.3 is 0 Å². The Labute approximate surface area is 161 Å². The molecule has 0 bridgehead atoms. The zero-order valence-electron chi connectivity index (χ0n) is 15.7. The average Bonchev–Trinajstić information content (AvgIpc) is 2.53. The van der Waals surface area contributed by atoms with E-state index in [-0.39, 0.29) is 6.04 Å². The Bertz CT molecular complexity index is 911. The predicted octanol–water partition coefficient (Wildman–Crippen LogP) is 3.75. The Morgan fingerprint density at radius 2 is 1.85 bits per heavy atom. The monoisotopic (exact) mass is 391 g/mol. The van der Waals surface area contributed by atoms with Gasteiger partial charge in [0.1, 0.15) is 0 Å². The molecule has 0 saturated carbocycles. The minimum atomic E-state index is -3.31. The number of aryl methyl sites for hydroxylation is 2. The van der Waals surface area contributed by atoms with E-state index in [1.165, 1.54) is 34.3 Å². The summed E-state index contributed by atoms with van der Waals surface area (Å²) in [4.78, 5) is 0. The molecule has 0 aliphatic heterocycles. The van der Waals surface area contributed by atoms with Gasteiger partial charge in [-0.25, -0.2) is 8.42 Å². The zero-order valence-corrected chi connectivity index (χ0v) is 17.3. The van der Waals surface area contributed by atoms with E-state index in [0.717, 1.165) is 5.69 Å². The molecular weight excluding hydrogens is 366 g/mol. The first-order valence-electron chi connectivity index (χ1n) is 8.26. The molecule has 0 spiro atoms. The minimum Gasteiger partial charge on any atom is -0.356 e. The summed E-state index contributed by atoms with van der Waals surface area (Å²) in [6, 6.07) is 13.5. The van der Waals surface area contributed by atoms with Gasteiger partial charge < -0.3 is 10.6 Å². The fraction of sp³-hybridized carbons (Fsp3) is 0.316. The van der Waals surface area contributed by atoms with Crippen molar-refractivity contribution < 1.29 is 8.42 Å². The molecule has 0 unspecified atom stereocenters. The lowest BCUT2D eigenvalue weighted by Gasteiger charge is -2.21. The zero-order chi connectivity index (χ0) is 19.5. The first-order chi connectivity index (χ1) is 12.1. The lowest BCUT2D eigenvalue weighted by atomic mass is 10.0. The van der Waals surface area contributed by atoms with Crippen LogP contribution >= 0.6 is 12.2 Å². The molecule has 140 valence electrons. The molecule has 7 heteroatoms. The van der Waals surface area contributed by atoms with E-state index in [4.69, 9.17) is 12.2 Å². The fourth-order valence-corrected chi connectivity index (χ4v) is 3.52. The van der Waals surface area contributed by atoms with Crippen molar-refractivity contribution in [2.24, 2.45) is 0 Å². The second-order valence-corrected chi connectivity index (χ2v) is 8.88. The molecule has 0 heterocycles. The Morgan fingerprint density at radius 3 is 2.46 bits per heavy atom. The van der Waals surface area contributed by atoms with Crippen molar-refractivity contribution in [2.45, 2.75) is 26.8 Å². The van der Waals surface area contributed by atoms with E-state index in [1.807, 2.05) is 6.07 Å². The average molecular weight is 392 g/mol. The van der Waals surface area contributed by atoms with E-state index in [9.17, 15) is 8.42 Å². The van der Waals surface area contributed by atoms with Crippen LogP contribution in [0.4, 0.5) is 11.4 Å². The standard InChI is InChI=1S/C19H25N3O2S2/c1-13-9-10-18(14(2)11-13)15(3)20-19(25)21-16-7-6-8-17(12-16)22(4)26(5,23)24/h6-12,15H,1-5H3,(H2,20,21,25)/t15-/m1/s1. The van der Waals surface area contributed by atoms with Crippen molar-refractivity contribution in [3.8, 4) is 0 Å². The largest absolute Gasteiger partial charge is 0.356 e. The molecule has 0 saturated heterocycles. The van der Waals surface area contributed by atoms with Crippen LogP contribution in [0.2, 0.25) is 0 Å². The van der Waals surface area contributed by atoms with Crippen LogP contribution in [0.15, 0.2) is 42.5 Å². The maximum absolute atomic E-state index is 11.7. The lowest BCUT2D eigenvalue weighted by molar-refractivity contribution is 0.600. The summed E-state index contributed by atoms with van der Waals surface area (Å²) in [5, 5.41) is 6.87. The summed E-state index contributed by atoms with van der Waals surface area (Å²) in [6.45, 7) is 6.21. The molecule has 0 aliphatic rings. The SMILES string of the molecule is Cc1ccc([C@@H](C)NC(=S)Nc2cccc(N(C)S(C)(=O)=O)c2)c(C)c1. The third-order valence-electron chi connectivity index (χ3n) is 4.20. The number of benzene rings is 2. The van der Waals surface area contributed by atoms with Gasteiger partial charge in [-0.2, -0.15) is 0 Å². The molecule has 0 aromatic heterocycles. The van der Waals surface area contributed by atoms with Crippen LogP contribution in [0.3, 0.4) is 0 Å². The third-order valence-corrected chi connectivity index (χ3v) is 5.63. The first-order valence-corrected chi connectivity index (χ1v) is 10.5. The summed E-state index contributed by atoms with van der Waals surface area (Å²) in [7, 11) is -1.79. The number of anilines is 2.